The van der Waals surface area contributed by atoms with Crippen molar-refractivity contribution in [2.45, 2.75) is 32.7 Å². The molecule has 1 aromatic rings. The van der Waals surface area contributed by atoms with Gasteiger partial charge in [0.2, 0.25) is 5.95 Å². The highest BCUT2D eigenvalue weighted by molar-refractivity contribution is 5.74. The summed E-state index contributed by atoms with van der Waals surface area (Å²) in [6.45, 7) is 5.71. The number of likely N-dealkylation sites (N-methyl/N-ethyl adjacent to an activating group) is 1. The summed E-state index contributed by atoms with van der Waals surface area (Å²) >= 11 is 0. The maximum atomic E-state index is 12.1. The summed E-state index contributed by atoms with van der Waals surface area (Å²) in [5.41, 5.74) is 1.97. The topological polar surface area (TPSA) is 52.6 Å². The molecule has 2 heterocycles. The van der Waals surface area contributed by atoms with Crippen molar-refractivity contribution in [1.29, 1.82) is 0 Å². The normalized spacial score (nSPS) is 18.5. The molecular formula is C15H25N5O. The summed E-state index contributed by atoms with van der Waals surface area (Å²) in [6.07, 6.45) is 2.07. The molecule has 6 nitrogen and oxygen atoms in total. The zero-order valence-corrected chi connectivity index (χ0v) is 13.6. The number of hydrogen-bond donors (Lipinski definition) is 0. The molecule has 6 heteroatoms. The molecule has 0 aliphatic carbocycles. The molecule has 1 fully saturated rings. The number of urea groups is 1. The van der Waals surface area contributed by atoms with E-state index in [4.69, 9.17) is 0 Å². The Kier molecular flexibility index (Phi) is 4.65. The van der Waals surface area contributed by atoms with Crippen LogP contribution in [0.4, 0.5) is 10.7 Å². The van der Waals surface area contributed by atoms with Crippen LogP contribution in [0.25, 0.3) is 0 Å². The summed E-state index contributed by atoms with van der Waals surface area (Å²) in [6, 6.07) is 2.23. The molecule has 1 unspecified atom stereocenters. The Bertz CT molecular complexity index is 497. The molecule has 0 spiro atoms. The van der Waals surface area contributed by atoms with E-state index in [-0.39, 0.29) is 12.1 Å². The monoisotopic (exact) mass is 291 g/mol. The van der Waals surface area contributed by atoms with Gasteiger partial charge < -0.3 is 14.7 Å². The third-order valence-electron chi connectivity index (χ3n) is 3.88. The fourth-order valence-electron chi connectivity index (χ4n) is 2.77. The third-order valence-corrected chi connectivity index (χ3v) is 3.88. The van der Waals surface area contributed by atoms with Crippen molar-refractivity contribution < 1.29 is 4.79 Å². The Labute approximate surface area is 126 Å². The second-order valence-corrected chi connectivity index (χ2v) is 5.98. The van der Waals surface area contributed by atoms with Crippen LogP contribution in [0, 0.1) is 13.8 Å². The SMILES string of the molecule is Cc1cc(C)nc(N2CCCC(N(C)C(=O)N(C)C)C2)n1. The van der Waals surface area contributed by atoms with E-state index in [0.717, 1.165) is 43.3 Å². The van der Waals surface area contributed by atoms with Gasteiger partial charge in [-0.25, -0.2) is 14.8 Å². The second-order valence-electron chi connectivity index (χ2n) is 5.98. The van der Waals surface area contributed by atoms with E-state index in [1.807, 2.05) is 31.9 Å². The minimum Gasteiger partial charge on any atom is -0.339 e. The molecule has 1 atom stereocenters. The number of aromatic nitrogens is 2. The first kappa shape index (κ1) is 15.5. The number of carbonyl (C=O) groups excluding carboxylic acids is 1. The number of hydrogen-bond acceptors (Lipinski definition) is 4. The van der Waals surface area contributed by atoms with E-state index in [2.05, 4.69) is 14.9 Å². The van der Waals surface area contributed by atoms with Crippen LogP contribution >= 0.6 is 0 Å². The molecule has 0 bridgehead atoms. The lowest BCUT2D eigenvalue weighted by Crippen LogP contribution is -2.51. The summed E-state index contributed by atoms with van der Waals surface area (Å²) < 4.78 is 0. The number of aryl methyl sites for hydroxylation is 2. The van der Waals surface area contributed by atoms with Crippen molar-refractivity contribution in [3.05, 3.63) is 17.5 Å². The largest absolute Gasteiger partial charge is 0.339 e. The van der Waals surface area contributed by atoms with Gasteiger partial charge in [0.05, 0.1) is 6.04 Å². The van der Waals surface area contributed by atoms with Crippen molar-refractivity contribution in [3.63, 3.8) is 0 Å². The van der Waals surface area contributed by atoms with E-state index in [0.29, 0.717) is 0 Å². The lowest BCUT2D eigenvalue weighted by atomic mass is 10.1. The Morgan fingerprint density at radius 3 is 2.43 bits per heavy atom. The van der Waals surface area contributed by atoms with Crippen LogP contribution in [0.5, 0.6) is 0 Å². The quantitative estimate of drug-likeness (QED) is 0.832. The molecule has 1 aliphatic rings. The average Bonchev–Trinajstić information content (AvgIpc) is 2.44. The Morgan fingerprint density at radius 1 is 1.24 bits per heavy atom. The van der Waals surface area contributed by atoms with Crippen LogP contribution in [-0.4, -0.2) is 66.1 Å². The average molecular weight is 291 g/mol. The first-order valence-corrected chi connectivity index (χ1v) is 7.40. The molecule has 0 aromatic carbocycles. The highest BCUT2D eigenvalue weighted by Gasteiger charge is 2.28. The second kappa shape index (κ2) is 6.28. The van der Waals surface area contributed by atoms with Crippen LogP contribution in [0.15, 0.2) is 6.07 Å². The van der Waals surface area contributed by atoms with Gasteiger partial charge in [0.1, 0.15) is 0 Å². The number of anilines is 1. The lowest BCUT2D eigenvalue weighted by molar-refractivity contribution is 0.157. The van der Waals surface area contributed by atoms with Gasteiger partial charge in [-0.15, -0.1) is 0 Å². The number of amides is 2. The Hall–Kier alpha value is -1.85. The maximum absolute atomic E-state index is 12.1. The van der Waals surface area contributed by atoms with Gasteiger partial charge in [-0.05, 0) is 32.8 Å². The minimum absolute atomic E-state index is 0.0446. The lowest BCUT2D eigenvalue weighted by Gasteiger charge is -2.38. The molecule has 1 aromatic heterocycles. The summed E-state index contributed by atoms with van der Waals surface area (Å²) in [5.74, 6) is 0.780. The van der Waals surface area contributed by atoms with Gasteiger partial charge in [-0.3, -0.25) is 0 Å². The van der Waals surface area contributed by atoms with Crippen LogP contribution in [0.2, 0.25) is 0 Å². The maximum Gasteiger partial charge on any atom is 0.319 e. The van der Waals surface area contributed by atoms with Gasteiger partial charge in [0, 0.05) is 45.6 Å². The van der Waals surface area contributed by atoms with Crippen molar-refractivity contribution >= 4 is 12.0 Å². The predicted molar refractivity (Wildman–Crippen MR) is 83.6 cm³/mol. The standard InChI is InChI=1S/C15H25N5O/c1-11-9-12(2)17-14(16-11)20-8-6-7-13(10-20)19(5)15(21)18(3)4/h9,13H,6-8,10H2,1-5H3. The molecule has 1 saturated heterocycles. The van der Waals surface area contributed by atoms with Crippen molar-refractivity contribution in [3.8, 4) is 0 Å². The van der Waals surface area contributed by atoms with E-state index in [1.165, 1.54) is 0 Å². The number of nitrogens with zero attached hydrogens (tertiary/aromatic N) is 5. The molecule has 2 amide bonds. The van der Waals surface area contributed by atoms with Crippen LogP contribution in [-0.2, 0) is 0 Å². The molecule has 0 N–H and O–H groups in total. The van der Waals surface area contributed by atoms with Gasteiger partial charge in [0.15, 0.2) is 0 Å². The predicted octanol–water partition coefficient (Wildman–Crippen LogP) is 1.68. The molecule has 1 aliphatic heterocycles. The summed E-state index contributed by atoms with van der Waals surface area (Å²) in [5, 5.41) is 0. The molecule has 116 valence electrons. The van der Waals surface area contributed by atoms with Gasteiger partial charge >= 0.3 is 6.03 Å². The highest BCUT2D eigenvalue weighted by atomic mass is 16.2. The smallest absolute Gasteiger partial charge is 0.319 e. The van der Waals surface area contributed by atoms with Crippen LogP contribution < -0.4 is 4.90 Å². The first-order chi connectivity index (χ1) is 9.88. The first-order valence-electron chi connectivity index (χ1n) is 7.40. The molecule has 2 rings (SSSR count). The fourth-order valence-corrected chi connectivity index (χ4v) is 2.77. The zero-order chi connectivity index (χ0) is 15.6. The van der Waals surface area contributed by atoms with Gasteiger partial charge in [-0.2, -0.15) is 0 Å². The Balaban J connectivity index is 2.12. The third kappa shape index (κ3) is 3.62. The molecule has 21 heavy (non-hydrogen) atoms. The van der Waals surface area contributed by atoms with Gasteiger partial charge in [0.25, 0.3) is 0 Å². The van der Waals surface area contributed by atoms with Gasteiger partial charge in [-0.1, -0.05) is 0 Å². The van der Waals surface area contributed by atoms with E-state index < -0.39 is 0 Å². The van der Waals surface area contributed by atoms with Crippen molar-refractivity contribution in [2.75, 3.05) is 39.1 Å². The van der Waals surface area contributed by atoms with Crippen molar-refractivity contribution in [1.82, 2.24) is 19.8 Å². The number of carbonyl (C=O) groups is 1. The number of piperidine rings is 1. The van der Waals surface area contributed by atoms with Crippen LogP contribution in [0.1, 0.15) is 24.2 Å². The Morgan fingerprint density at radius 2 is 1.86 bits per heavy atom. The van der Waals surface area contributed by atoms with Crippen molar-refractivity contribution in [2.24, 2.45) is 0 Å². The summed E-state index contributed by atoms with van der Waals surface area (Å²) in [7, 11) is 5.44. The van der Waals surface area contributed by atoms with E-state index in [1.54, 1.807) is 19.0 Å². The number of rotatable bonds is 2. The molecule has 0 saturated carbocycles. The fraction of sp³-hybridized carbons (Fsp3) is 0.667. The van der Waals surface area contributed by atoms with E-state index in [9.17, 15) is 4.79 Å². The van der Waals surface area contributed by atoms with E-state index >= 15 is 0 Å². The molecular weight excluding hydrogens is 266 g/mol. The van der Waals surface area contributed by atoms with Crippen LogP contribution in [0.3, 0.4) is 0 Å². The summed E-state index contributed by atoms with van der Waals surface area (Å²) in [4.78, 5) is 26.8. The minimum atomic E-state index is 0.0446. The zero-order valence-electron chi connectivity index (χ0n) is 13.6. The molecule has 0 radical (unpaired) electrons. The highest BCUT2D eigenvalue weighted by Crippen LogP contribution is 2.20.